The molecule has 0 spiro atoms. The minimum absolute atomic E-state index is 0.149. The van der Waals surface area contributed by atoms with Gasteiger partial charge in [-0.1, -0.05) is 6.92 Å². The number of hydrogen-bond donors (Lipinski definition) is 1. The van der Waals surface area contributed by atoms with Gasteiger partial charge in [-0.25, -0.2) is 4.68 Å². The quantitative estimate of drug-likeness (QED) is 0.859. The van der Waals surface area contributed by atoms with E-state index in [0.29, 0.717) is 6.54 Å². The highest BCUT2D eigenvalue weighted by Crippen LogP contribution is 2.17. The molecular formula is C13H19N3O2. The van der Waals surface area contributed by atoms with Gasteiger partial charge >= 0.3 is 0 Å². The first-order valence-electron chi connectivity index (χ1n) is 6.52. The molecule has 1 N–H and O–H groups in total. The number of aryl methyl sites for hydroxylation is 2. The van der Waals surface area contributed by atoms with Gasteiger partial charge in [0.1, 0.15) is 6.04 Å². The highest BCUT2D eigenvalue weighted by Gasteiger charge is 2.20. The van der Waals surface area contributed by atoms with Crippen molar-refractivity contribution in [1.82, 2.24) is 15.1 Å². The summed E-state index contributed by atoms with van der Waals surface area (Å²) in [5.74, 6) is -0.149. The van der Waals surface area contributed by atoms with Crippen molar-refractivity contribution in [1.29, 1.82) is 0 Å². The molecule has 18 heavy (non-hydrogen) atoms. The molecule has 1 atom stereocenters. The van der Waals surface area contributed by atoms with Gasteiger partial charge in [0.15, 0.2) is 0 Å². The van der Waals surface area contributed by atoms with Crippen LogP contribution in [0.1, 0.15) is 44.0 Å². The van der Waals surface area contributed by atoms with E-state index in [-0.39, 0.29) is 11.5 Å². The van der Waals surface area contributed by atoms with E-state index in [1.807, 2.05) is 6.92 Å². The van der Waals surface area contributed by atoms with Gasteiger partial charge in [0.05, 0.1) is 5.69 Å². The molecule has 98 valence electrons. The Morgan fingerprint density at radius 2 is 2.33 bits per heavy atom. The number of rotatable bonds is 4. The molecule has 5 heteroatoms. The monoisotopic (exact) mass is 249 g/mol. The van der Waals surface area contributed by atoms with Crippen LogP contribution in [0, 0.1) is 0 Å². The first kappa shape index (κ1) is 12.8. The Kier molecular flexibility index (Phi) is 3.79. The summed E-state index contributed by atoms with van der Waals surface area (Å²) in [5, 5.41) is 7.11. The van der Waals surface area contributed by atoms with Gasteiger partial charge in [-0.15, -0.1) is 0 Å². The van der Waals surface area contributed by atoms with Gasteiger partial charge in [-0.2, -0.15) is 5.10 Å². The zero-order valence-corrected chi connectivity index (χ0v) is 10.9. The van der Waals surface area contributed by atoms with Crippen molar-refractivity contribution in [3.63, 3.8) is 0 Å². The lowest BCUT2D eigenvalue weighted by atomic mass is 10.2. The predicted octanol–water partition coefficient (Wildman–Crippen LogP) is 0.819. The Morgan fingerprint density at radius 3 is 3.06 bits per heavy atom. The van der Waals surface area contributed by atoms with Crippen LogP contribution in [-0.4, -0.2) is 22.2 Å². The fraction of sp³-hybridized carbons (Fsp3) is 0.615. The molecule has 1 amide bonds. The van der Waals surface area contributed by atoms with Crippen molar-refractivity contribution >= 4 is 5.91 Å². The number of carbonyl (C=O) groups excluding carboxylic acids is 1. The molecule has 1 aliphatic carbocycles. The van der Waals surface area contributed by atoms with E-state index in [2.05, 4.69) is 10.4 Å². The van der Waals surface area contributed by atoms with Gasteiger partial charge in [0, 0.05) is 12.6 Å². The second-order valence-corrected chi connectivity index (χ2v) is 4.72. The zero-order valence-electron chi connectivity index (χ0n) is 10.9. The molecule has 1 heterocycles. The van der Waals surface area contributed by atoms with Crippen LogP contribution in [0.4, 0.5) is 0 Å². The number of nitrogens with zero attached hydrogens (tertiary/aromatic N) is 2. The van der Waals surface area contributed by atoms with E-state index >= 15 is 0 Å². The van der Waals surface area contributed by atoms with Crippen LogP contribution in [-0.2, 0) is 17.6 Å². The Balaban J connectivity index is 2.23. The average molecular weight is 249 g/mol. The van der Waals surface area contributed by atoms with Gasteiger partial charge in [0.2, 0.25) is 5.91 Å². The summed E-state index contributed by atoms with van der Waals surface area (Å²) in [6, 6.07) is 1.08. The third kappa shape index (κ3) is 2.44. The molecule has 1 aromatic rings. The number of fused-ring (bicyclic) bond motifs is 1. The number of aromatic nitrogens is 2. The summed E-state index contributed by atoms with van der Waals surface area (Å²) in [4.78, 5) is 23.8. The van der Waals surface area contributed by atoms with Crippen LogP contribution in [0.5, 0.6) is 0 Å². The van der Waals surface area contributed by atoms with Crippen LogP contribution in [0.15, 0.2) is 10.9 Å². The van der Waals surface area contributed by atoms with Crippen molar-refractivity contribution in [2.45, 2.75) is 45.6 Å². The predicted molar refractivity (Wildman–Crippen MR) is 68.5 cm³/mol. The van der Waals surface area contributed by atoms with E-state index in [4.69, 9.17) is 0 Å². The molecule has 0 aliphatic heterocycles. The Labute approximate surface area is 106 Å². The molecule has 1 aliphatic rings. The van der Waals surface area contributed by atoms with E-state index in [9.17, 15) is 9.59 Å². The molecule has 0 saturated carbocycles. The minimum Gasteiger partial charge on any atom is -0.354 e. The van der Waals surface area contributed by atoms with Crippen molar-refractivity contribution < 1.29 is 4.79 Å². The normalized spacial score (nSPS) is 15.2. The summed E-state index contributed by atoms with van der Waals surface area (Å²) in [5.41, 5.74) is 1.82. The number of nitrogens with one attached hydrogen (secondary N) is 1. The molecule has 0 radical (unpaired) electrons. The molecule has 2 rings (SSSR count). The van der Waals surface area contributed by atoms with Crippen LogP contribution in [0.2, 0.25) is 0 Å². The van der Waals surface area contributed by atoms with Crippen molar-refractivity contribution in [3.8, 4) is 0 Å². The van der Waals surface area contributed by atoms with Gasteiger partial charge in [-0.05, 0) is 38.2 Å². The van der Waals surface area contributed by atoms with Crippen molar-refractivity contribution in [2.24, 2.45) is 0 Å². The highest BCUT2D eigenvalue weighted by atomic mass is 16.2. The first-order valence-corrected chi connectivity index (χ1v) is 6.52. The zero-order chi connectivity index (χ0) is 13.1. The van der Waals surface area contributed by atoms with E-state index in [1.54, 1.807) is 13.0 Å². The maximum atomic E-state index is 11.9. The second kappa shape index (κ2) is 5.33. The van der Waals surface area contributed by atoms with E-state index in [0.717, 1.165) is 36.9 Å². The fourth-order valence-electron chi connectivity index (χ4n) is 2.20. The molecule has 1 unspecified atom stereocenters. The van der Waals surface area contributed by atoms with Crippen molar-refractivity contribution in [3.05, 3.63) is 27.7 Å². The first-order chi connectivity index (χ1) is 8.63. The Morgan fingerprint density at radius 1 is 1.56 bits per heavy atom. The van der Waals surface area contributed by atoms with Gasteiger partial charge in [0.25, 0.3) is 5.56 Å². The SMILES string of the molecule is CCCNC(=O)C(C)n1nc2c(cc1=O)CCC2. The van der Waals surface area contributed by atoms with Gasteiger partial charge < -0.3 is 5.32 Å². The fourth-order valence-corrected chi connectivity index (χ4v) is 2.20. The molecular weight excluding hydrogens is 230 g/mol. The third-order valence-electron chi connectivity index (χ3n) is 3.28. The van der Waals surface area contributed by atoms with Crippen LogP contribution in [0.3, 0.4) is 0 Å². The minimum atomic E-state index is -0.546. The lowest BCUT2D eigenvalue weighted by molar-refractivity contribution is -0.124. The smallest absolute Gasteiger partial charge is 0.267 e. The number of amides is 1. The summed E-state index contributed by atoms with van der Waals surface area (Å²) in [6.07, 6.45) is 3.75. The molecule has 0 fully saturated rings. The summed E-state index contributed by atoms with van der Waals surface area (Å²) >= 11 is 0. The van der Waals surface area contributed by atoms with Crippen LogP contribution >= 0.6 is 0 Å². The number of hydrogen-bond acceptors (Lipinski definition) is 3. The summed E-state index contributed by atoms with van der Waals surface area (Å²) in [7, 11) is 0. The maximum absolute atomic E-state index is 11.9. The molecule has 0 bridgehead atoms. The van der Waals surface area contributed by atoms with Crippen molar-refractivity contribution in [2.75, 3.05) is 6.54 Å². The topological polar surface area (TPSA) is 64.0 Å². The summed E-state index contributed by atoms with van der Waals surface area (Å²) < 4.78 is 1.30. The lowest BCUT2D eigenvalue weighted by Gasteiger charge is -2.14. The second-order valence-electron chi connectivity index (χ2n) is 4.72. The third-order valence-corrected chi connectivity index (χ3v) is 3.28. The standard InChI is InChI=1S/C13H19N3O2/c1-3-7-14-13(18)9(2)16-12(17)8-10-5-4-6-11(10)15-16/h8-9H,3-7H2,1-2H3,(H,14,18). The summed E-state index contributed by atoms with van der Waals surface area (Å²) in [6.45, 7) is 4.33. The highest BCUT2D eigenvalue weighted by molar-refractivity contribution is 5.79. The van der Waals surface area contributed by atoms with E-state index < -0.39 is 6.04 Å². The molecule has 0 saturated heterocycles. The molecule has 1 aromatic heterocycles. The molecule has 0 aromatic carbocycles. The van der Waals surface area contributed by atoms with E-state index in [1.165, 1.54) is 4.68 Å². The Bertz CT molecular complexity index is 507. The lowest BCUT2D eigenvalue weighted by Crippen LogP contribution is -2.37. The van der Waals surface area contributed by atoms with Gasteiger partial charge in [-0.3, -0.25) is 9.59 Å². The molecule has 5 nitrogen and oxygen atoms in total. The van der Waals surface area contributed by atoms with Crippen LogP contribution in [0.25, 0.3) is 0 Å². The Hall–Kier alpha value is -1.65. The number of carbonyl (C=O) groups is 1. The maximum Gasteiger partial charge on any atom is 0.267 e. The largest absolute Gasteiger partial charge is 0.354 e. The van der Waals surface area contributed by atoms with Crippen LogP contribution < -0.4 is 10.9 Å². The average Bonchev–Trinajstić information content (AvgIpc) is 2.81.